The number of carbonyl (C=O) groups is 4. The number of nitrogens with zero attached hydrogens (tertiary/aromatic N) is 5. The van der Waals surface area contributed by atoms with Crippen molar-refractivity contribution in [2.24, 2.45) is 0 Å². The predicted octanol–water partition coefficient (Wildman–Crippen LogP) is 6.62. The summed E-state index contributed by atoms with van der Waals surface area (Å²) in [5, 5.41) is 20.4. The molecule has 3 aromatic heterocycles. The summed E-state index contributed by atoms with van der Waals surface area (Å²) in [5.74, 6) is 2.88. The number of hydrogen-bond acceptors (Lipinski definition) is 13. The fourth-order valence-electron chi connectivity index (χ4n) is 10.3. The van der Waals surface area contributed by atoms with Crippen molar-refractivity contribution in [1.82, 2.24) is 40.7 Å². The summed E-state index contributed by atoms with van der Waals surface area (Å²) in [5.41, 5.74) is 6.92. The van der Waals surface area contributed by atoms with Gasteiger partial charge >= 0.3 is 6.03 Å². The zero-order valence-electron chi connectivity index (χ0n) is 42.4. The topological polar surface area (TPSA) is 206 Å². The van der Waals surface area contributed by atoms with Gasteiger partial charge in [0.05, 0.1) is 44.2 Å². The number of amides is 5. The van der Waals surface area contributed by atoms with E-state index in [0.29, 0.717) is 109 Å². The third kappa shape index (κ3) is 14.9. The van der Waals surface area contributed by atoms with Gasteiger partial charge in [-0.05, 0) is 83.1 Å². The minimum absolute atomic E-state index is 0.0488. The van der Waals surface area contributed by atoms with Crippen molar-refractivity contribution in [3.05, 3.63) is 54.0 Å². The van der Waals surface area contributed by atoms with Crippen LogP contribution in [0.4, 0.5) is 16.3 Å². The standard InChI is InChI=1S/C53H76N10O8S/c1-37-49(38(2)71-60-37)40-19-22-45-58-50(52(63(45)35-40)56-41-11-4-3-5-12-41)39-17-20-42(21-18-39)61-25-27-62(28-26-61)48(66)16-8-15-47(65)55-24-10-30-69-32-34-70-33-31-68-29-9-23-54-46(64)14-7-6-13-44-51-43(36-72-44)57-53(67)59-51/h17-22,35,41,43-44,51,56H,3-16,23-34,36H2,1-2H3,(H,54,64)(H,55,65)(H2,57,59,67)/t43-,44-,51-/m0/s1. The molecular formula is C53H76N10O8S. The lowest BCUT2D eigenvalue weighted by molar-refractivity contribution is -0.131. The number of aromatic nitrogens is 3. The molecule has 3 atom stereocenters. The van der Waals surface area contributed by atoms with E-state index in [9.17, 15) is 19.2 Å². The fourth-order valence-corrected chi connectivity index (χ4v) is 11.8. The number of rotatable bonds is 28. The molecule has 4 fully saturated rings. The van der Waals surface area contributed by atoms with Crippen molar-refractivity contribution in [3.63, 3.8) is 0 Å². The van der Waals surface area contributed by atoms with Gasteiger partial charge < -0.3 is 55.1 Å². The van der Waals surface area contributed by atoms with Gasteiger partial charge in [-0.1, -0.05) is 43.0 Å². The molecule has 3 saturated heterocycles. The van der Waals surface area contributed by atoms with Crippen molar-refractivity contribution < 1.29 is 37.9 Å². The van der Waals surface area contributed by atoms with E-state index < -0.39 is 0 Å². The largest absolute Gasteiger partial charge is 0.379 e. The summed E-state index contributed by atoms with van der Waals surface area (Å²) in [6.07, 6.45) is 14.2. The second-order valence-corrected chi connectivity index (χ2v) is 20.8. The van der Waals surface area contributed by atoms with E-state index >= 15 is 0 Å². The summed E-state index contributed by atoms with van der Waals surface area (Å²) in [4.78, 5) is 58.6. The lowest BCUT2D eigenvalue weighted by atomic mass is 9.95. The van der Waals surface area contributed by atoms with E-state index in [1.807, 2.05) is 30.5 Å². The second kappa shape index (κ2) is 27.1. The molecule has 5 N–H and O–H groups in total. The zero-order chi connectivity index (χ0) is 50.1. The summed E-state index contributed by atoms with van der Waals surface area (Å²) in [6, 6.07) is 13.6. The molecule has 0 unspecified atom stereocenters. The van der Waals surface area contributed by atoms with Gasteiger partial charge in [-0.25, -0.2) is 9.78 Å². The van der Waals surface area contributed by atoms with Crippen LogP contribution >= 0.6 is 11.8 Å². The third-order valence-electron chi connectivity index (χ3n) is 14.2. The second-order valence-electron chi connectivity index (χ2n) is 19.5. The van der Waals surface area contributed by atoms with Gasteiger partial charge in [0.15, 0.2) is 0 Å². The van der Waals surface area contributed by atoms with Crippen molar-refractivity contribution in [2.45, 2.75) is 127 Å². The fraction of sp³-hybridized carbons (Fsp3) is 0.623. The highest BCUT2D eigenvalue weighted by atomic mass is 32.2. The van der Waals surface area contributed by atoms with Crippen LogP contribution in [-0.4, -0.2) is 151 Å². The Morgan fingerprint density at radius 1 is 0.764 bits per heavy atom. The van der Waals surface area contributed by atoms with Crippen molar-refractivity contribution in [1.29, 1.82) is 0 Å². The molecule has 4 aliphatic rings. The van der Waals surface area contributed by atoms with Crippen molar-refractivity contribution in [2.75, 3.05) is 94.9 Å². The number of nitrogens with one attached hydrogen (secondary N) is 5. The van der Waals surface area contributed by atoms with Crippen LogP contribution in [0.2, 0.25) is 0 Å². The van der Waals surface area contributed by atoms with Crippen LogP contribution in [0, 0.1) is 13.8 Å². The summed E-state index contributed by atoms with van der Waals surface area (Å²) in [6.45, 7) is 10.8. The molecule has 1 aliphatic carbocycles. The smallest absolute Gasteiger partial charge is 0.315 e. The number of anilines is 2. The first-order valence-electron chi connectivity index (χ1n) is 26.5. The molecule has 1 saturated carbocycles. The van der Waals surface area contributed by atoms with Gasteiger partial charge in [0.1, 0.15) is 22.9 Å². The summed E-state index contributed by atoms with van der Waals surface area (Å²) >= 11 is 1.90. The Morgan fingerprint density at radius 3 is 2.11 bits per heavy atom. The van der Waals surface area contributed by atoms with E-state index in [1.54, 1.807) is 0 Å². The van der Waals surface area contributed by atoms with Crippen molar-refractivity contribution in [3.8, 4) is 22.4 Å². The van der Waals surface area contributed by atoms with Gasteiger partial charge in [0.2, 0.25) is 17.7 Å². The molecule has 8 rings (SSSR count). The SMILES string of the molecule is Cc1noc(C)c1-c1ccc2nc(-c3ccc(N4CCN(C(=O)CCCC(=O)NCCCOCCOCCOCCCNC(=O)CCCC[C@@H]5SC[C@@H]6NC(=O)N[C@@H]65)CC4)cc3)c(NC3CCCCC3)n2c1. The Balaban J connectivity index is 0.627. The highest BCUT2D eigenvalue weighted by Gasteiger charge is 2.42. The monoisotopic (exact) mass is 1010 g/mol. The van der Waals surface area contributed by atoms with Crippen LogP contribution in [0.25, 0.3) is 28.0 Å². The number of piperazine rings is 1. The number of benzene rings is 1. The quantitative estimate of drug-likeness (QED) is 0.0300. The van der Waals surface area contributed by atoms with Gasteiger partial charge in [0.25, 0.3) is 0 Å². The maximum atomic E-state index is 13.1. The molecule has 3 aliphatic heterocycles. The minimum atomic E-state index is -0.0615. The molecule has 4 aromatic rings. The predicted molar refractivity (Wildman–Crippen MR) is 280 cm³/mol. The number of urea groups is 1. The Labute approximate surface area is 428 Å². The van der Waals surface area contributed by atoms with Gasteiger partial charge in [-0.2, -0.15) is 11.8 Å². The number of imidazole rings is 1. The van der Waals surface area contributed by atoms with Crippen LogP contribution in [0.1, 0.15) is 101 Å². The number of carbonyl (C=O) groups excluding carboxylic acids is 4. The highest BCUT2D eigenvalue weighted by molar-refractivity contribution is 8.00. The van der Waals surface area contributed by atoms with Gasteiger partial charge in [0, 0.05) is 117 Å². The summed E-state index contributed by atoms with van der Waals surface area (Å²) < 4.78 is 24.5. The average molecular weight is 1010 g/mol. The number of hydrogen-bond donors (Lipinski definition) is 5. The normalized spacial score (nSPS) is 19.1. The summed E-state index contributed by atoms with van der Waals surface area (Å²) in [7, 11) is 0. The molecule has 1 aromatic carbocycles. The molecule has 0 spiro atoms. The maximum absolute atomic E-state index is 13.1. The number of unbranched alkanes of at least 4 members (excludes halogenated alkanes) is 1. The molecule has 0 bridgehead atoms. The van der Waals surface area contributed by atoms with Crippen LogP contribution in [0.3, 0.4) is 0 Å². The third-order valence-corrected chi connectivity index (χ3v) is 15.7. The molecule has 5 amide bonds. The maximum Gasteiger partial charge on any atom is 0.315 e. The number of thioether (sulfide) groups is 1. The van der Waals surface area contributed by atoms with E-state index in [1.165, 1.54) is 19.3 Å². The van der Waals surface area contributed by atoms with E-state index in [2.05, 4.69) is 83.6 Å². The molecular weight excluding hydrogens is 937 g/mol. The minimum Gasteiger partial charge on any atom is -0.379 e. The number of pyridine rings is 1. The van der Waals surface area contributed by atoms with Crippen molar-refractivity contribution >= 4 is 52.7 Å². The zero-order valence-corrected chi connectivity index (χ0v) is 43.2. The van der Waals surface area contributed by atoms with Crippen LogP contribution in [0.15, 0.2) is 47.1 Å². The molecule has 18 nitrogen and oxygen atoms in total. The lowest BCUT2D eigenvalue weighted by Crippen LogP contribution is -2.48. The van der Waals surface area contributed by atoms with E-state index in [4.69, 9.17) is 23.7 Å². The Kier molecular flexibility index (Phi) is 19.9. The highest BCUT2D eigenvalue weighted by Crippen LogP contribution is 2.36. The first-order chi connectivity index (χ1) is 35.2. The lowest BCUT2D eigenvalue weighted by Gasteiger charge is -2.36. The number of fused-ring (bicyclic) bond motifs is 2. The Morgan fingerprint density at radius 2 is 1.43 bits per heavy atom. The van der Waals surface area contributed by atoms with Gasteiger partial charge in [-0.15, -0.1) is 0 Å². The molecule has 19 heteroatoms. The molecule has 392 valence electrons. The van der Waals surface area contributed by atoms with E-state index in [0.717, 1.165) is 108 Å². The number of aryl methyl sites for hydroxylation is 2. The van der Waals surface area contributed by atoms with Gasteiger partial charge in [-0.3, -0.25) is 18.8 Å². The van der Waals surface area contributed by atoms with Crippen LogP contribution < -0.4 is 31.5 Å². The Bertz CT molecular complexity index is 2360. The van der Waals surface area contributed by atoms with E-state index in [-0.39, 0.29) is 35.8 Å². The molecule has 6 heterocycles. The number of ether oxygens (including phenoxy) is 3. The Hall–Kier alpha value is -5.37. The molecule has 72 heavy (non-hydrogen) atoms. The molecule has 0 radical (unpaired) electrons. The van der Waals surface area contributed by atoms with Crippen LogP contribution in [0.5, 0.6) is 0 Å². The first kappa shape index (κ1) is 52.9. The van der Waals surface area contributed by atoms with Crippen LogP contribution in [-0.2, 0) is 28.6 Å². The first-order valence-corrected chi connectivity index (χ1v) is 27.6. The average Bonchev–Trinajstić information content (AvgIpc) is 4.16.